The normalized spacial score (nSPS) is 11.8. The molecule has 0 aliphatic heterocycles. The van der Waals surface area contributed by atoms with E-state index in [2.05, 4.69) is 14.6 Å². The number of carbonyl (C=O) groups excluding carboxylic acids is 1. The molecule has 2 amide bonds. The van der Waals surface area contributed by atoms with Gasteiger partial charge >= 0.3 is 6.03 Å². The Morgan fingerprint density at radius 1 is 1.38 bits per heavy atom. The van der Waals surface area contributed by atoms with Gasteiger partial charge in [0.1, 0.15) is 24.0 Å². The molecule has 0 spiro atoms. The van der Waals surface area contributed by atoms with Crippen LogP contribution in [0.5, 0.6) is 11.5 Å². The maximum Gasteiger partial charge on any atom is 0.335 e. The van der Waals surface area contributed by atoms with Gasteiger partial charge in [-0.3, -0.25) is 5.01 Å². The molecule has 2 aromatic carbocycles. The van der Waals surface area contributed by atoms with E-state index < -0.39 is 11.9 Å². The van der Waals surface area contributed by atoms with Crippen LogP contribution >= 0.6 is 9.24 Å². The molecule has 0 saturated heterocycles. The first-order chi connectivity index (χ1) is 12.2. The molecule has 0 aliphatic carbocycles. The monoisotopic (exact) mass is 379 g/mol. The lowest BCUT2D eigenvalue weighted by Gasteiger charge is -2.19. The number of alkyl halides is 1. The highest BCUT2D eigenvalue weighted by Gasteiger charge is 2.17. The number of hydrogen-bond acceptors (Lipinski definition) is 4. The molecule has 0 aromatic heterocycles. The summed E-state index contributed by atoms with van der Waals surface area (Å²) in [5.74, 6) is 4.87. The zero-order chi connectivity index (χ0) is 19.4. The van der Waals surface area contributed by atoms with Crippen molar-refractivity contribution in [3.63, 3.8) is 0 Å². The molecule has 0 fully saturated rings. The van der Waals surface area contributed by atoms with Crippen LogP contribution in [0.3, 0.4) is 0 Å². The molecule has 4 N–H and O–H groups in total. The molecule has 0 radical (unpaired) electrons. The van der Waals surface area contributed by atoms with Crippen LogP contribution in [-0.2, 0) is 6.61 Å². The summed E-state index contributed by atoms with van der Waals surface area (Å²) in [6.07, 6.45) is 0. The van der Waals surface area contributed by atoms with Gasteiger partial charge in [-0.1, -0.05) is 21.4 Å². The summed E-state index contributed by atoms with van der Waals surface area (Å²) in [5, 5.41) is 13.3. The van der Waals surface area contributed by atoms with Gasteiger partial charge in [-0.15, -0.1) is 0 Å². The van der Waals surface area contributed by atoms with E-state index >= 15 is 0 Å². The van der Waals surface area contributed by atoms with Crippen LogP contribution < -0.4 is 15.9 Å². The number of hydrogen-bond donors (Lipinski definition) is 3. The smallest absolute Gasteiger partial charge is 0.335 e. The van der Waals surface area contributed by atoms with Gasteiger partial charge < -0.3 is 15.2 Å². The van der Waals surface area contributed by atoms with Crippen LogP contribution in [-0.4, -0.2) is 23.2 Å². The number of nitrogens with two attached hydrogens (primary N) is 1. The molecule has 8 heteroatoms. The van der Waals surface area contributed by atoms with Gasteiger partial charge in [-0.25, -0.2) is 15.0 Å². The summed E-state index contributed by atoms with van der Waals surface area (Å²) in [6, 6.07) is 7.73. The second kappa shape index (κ2) is 8.34. The molecule has 0 bridgehead atoms. The highest BCUT2D eigenvalue weighted by molar-refractivity contribution is 7.16. The number of urea groups is 1. The Balaban J connectivity index is 2.34. The van der Waals surface area contributed by atoms with E-state index in [0.717, 1.165) is 10.6 Å². The first-order valence-corrected chi connectivity index (χ1v) is 8.61. The van der Waals surface area contributed by atoms with Crippen LogP contribution in [0.1, 0.15) is 28.2 Å². The number of aromatic hydroxyl groups is 1. The van der Waals surface area contributed by atoms with E-state index in [-0.39, 0.29) is 12.4 Å². The number of phenolic OH excluding ortho intramolecular Hbond substituents is 1. The molecule has 2 atom stereocenters. The summed E-state index contributed by atoms with van der Waals surface area (Å²) in [5.41, 5.74) is 2.74. The minimum absolute atomic E-state index is 0.0416. The number of rotatable bonds is 5. The van der Waals surface area contributed by atoms with Crippen molar-refractivity contribution in [2.75, 3.05) is 12.4 Å². The number of phenols is 1. The summed E-state index contributed by atoms with van der Waals surface area (Å²) >= 11 is 0. The third-order valence-corrected chi connectivity index (χ3v) is 4.30. The number of hydrazine groups is 1. The number of anilines is 1. The van der Waals surface area contributed by atoms with E-state index in [1.807, 2.05) is 0 Å². The van der Waals surface area contributed by atoms with Crippen molar-refractivity contribution in [1.82, 2.24) is 5.01 Å². The summed E-state index contributed by atoms with van der Waals surface area (Å²) < 4.78 is 19.9. The summed E-state index contributed by atoms with van der Waals surface area (Å²) in [4.78, 5) is 11.9. The molecule has 0 saturated carbocycles. The average Bonchev–Trinajstić information content (AvgIpc) is 2.57. The third kappa shape index (κ3) is 4.62. The van der Waals surface area contributed by atoms with E-state index in [1.165, 1.54) is 7.05 Å². The predicted molar refractivity (Wildman–Crippen MR) is 103 cm³/mol. The van der Waals surface area contributed by atoms with Gasteiger partial charge in [0, 0.05) is 18.3 Å². The lowest BCUT2D eigenvalue weighted by Crippen LogP contribution is -2.37. The SMILES string of the molecule is Cc1cc(OCc2c(NC(=O)N(C)N)cccc2C(F)P)c(C)cc1O. The number of nitrogens with zero attached hydrogens (tertiary/aromatic N) is 1. The number of aryl methyl sites for hydroxylation is 2. The minimum atomic E-state index is -1.32. The fraction of sp³-hybridized carbons (Fsp3) is 0.278. The van der Waals surface area contributed by atoms with Crippen molar-refractivity contribution in [1.29, 1.82) is 0 Å². The van der Waals surface area contributed by atoms with Crippen LogP contribution in [0.2, 0.25) is 0 Å². The molecule has 2 unspecified atom stereocenters. The topological polar surface area (TPSA) is 87.8 Å². The average molecular weight is 379 g/mol. The molecule has 26 heavy (non-hydrogen) atoms. The van der Waals surface area contributed by atoms with Crippen molar-refractivity contribution >= 4 is 21.0 Å². The number of halogens is 1. The van der Waals surface area contributed by atoms with Crippen molar-refractivity contribution < 1.29 is 19.0 Å². The van der Waals surface area contributed by atoms with Crippen molar-refractivity contribution in [2.24, 2.45) is 5.84 Å². The van der Waals surface area contributed by atoms with Crippen LogP contribution in [0.25, 0.3) is 0 Å². The largest absolute Gasteiger partial charge is 0.508 e. The van der Waals surface area contributed by atoms with E-state index in [9.17, 15) is 14.3 Å². The highest BCUT2D eigenvalue weighted by Crippen LogP contribution is 2.34. The van der Waals surface area contributed by atoms with Gasteiger partial charge in [-0.05, 0) is 48.7 Å². The Bertz CT molecular complexity index is 813. The predicted octanol–water partition coefficient (Wildman–Crippen LogP) is 3.77. The molecule has 0 aliphatic rings. The lowest BCUT2D eigenvalue weighted by atomic mass is 10.1. The molecule has 6 nitrogen and oxygen atoms in total. The number of ether oxygens (including phenoxy) is 1. The van der Waals surface area contributed by atoms with Crippen molar-refractivity contribution in [3.8, 4) is 11.5 Å². The van der Waals surface area contributed by atoms with E-state index in [4.69, 9.17) is 10.6 Å². The molecular formula is C18H23FN3O3P. The second-order valence-corrected chi connectivity index (χ2v) is 6.59. The molecule has 2 aromatic rings. The van der Waals surface area contributed by atoms with Crippen LogP contribution in [0.4, 0.5) is 14.9 Å². The second-order valence-electron chi connectivity index (χ2n) is 6.01. The fourth-order valence-corrected chi connectivity index (χ4v) is 2.74. The molecule has 140 valence electrons. The number of carbonyl (C=O) groups is 1. The highest BCUT2D eigenvalue weighted by atomic mass is 31.0. The maximum absolute atomic E-state index is 14.0. The first-order valence-electron chi connectivity index (χ1n) is 7.94. The Labute approximate surface area is 154 Å². The minimum Gasteiger partial charge on any atom is -0.508 e. The Morgan fingerprint density at radius 2 is 2.08 bits per heavy atom. The summed E-state index contributed by atoms with van der Waals surface area (Å²) in [7, 11) is 3.50. The zero-order valence-corrected chi connectivity index (χ0v) is 16.1. The van der Waals surface area contributed by atoms with Crippen LogP contribution in [0, 0.1) is 13.8 Å². The first kappa shape index (κ1) is 19.9. The van der Waals surface area contributed by atoms with E-state index in [1.54, 1.807) is 44.2 Å². The van der Waals surface area contributed by atoms with Gasteiger partial charge in [0.05, 0.1) is 0 Å². The molecule has 0 heterocycles. The lowest BCUT2D eigenvalue weighted by molar-refractivity contribution is 0.223. The number of benzene rings is 2. The molecule has 2 rings (SSSR count). The number of nitrogens with one attached hydrogen (secondary N) is 1. The van der Waals surface area contributed by atoms with Gasteiger partial charge in [0.25, 0.3) is 0 Å². The Kier molecular flexibility index (Phi) is 6.40. The zero-order valence-electron chi connectivity index (χ0n) is 14.9. The fourth-order valence-electron chi connectivity index (χ4n) is 2.42. The van der Waals surface area contributed by atoms with E-state index in [0.29, 0.717) is 28.1 Å². The van der Waals surface area contributed by atoms with Crippen molar-refractivity contribution in [3.05, 3.63) is 52.6 Å². The van der Waals surface area contributed by atoms with Gasteiger partial charge in [0.15, 0.2) is 0 Å². The van der Waals surface area contributed by atoms with Gasteiger partial charge in [0.2, 0.25) is 0 Å². The van der Waals surface area contributed by atoms with Gasteiger partial charge in [-0.2, -0.15) is 0 Å². The summed E-state index contributed by atoms with van der Waals surface area (Å²) in [6.45, 7) is 3.61. The van der Waals surface area contributed by atoms with Crippen molar-refractivity contribution in [2.45, 2.75) is 26.4 Å². The quantitative estimate of drug-likeness (QED) is 0.319. The third-order valence-electron chi connectivity index (χ3n) is 3.94. The van der Waals surface area contributed by atoms with Crippen LogP contribution in [0.15, 0.2) is 30.3 Å². The number of amides is 2. The Morgan fingerprint density at radius 3 is 2.69 bits per heavy atom. The molecular weight excluding hydrogens is 356 g/mol. The Hall–Kier alpha value is -2.37. The maximum atomic E-state index is 14.0. The standard InChI is InChI=1S/C18H23FN3O3P/c1-10-8-16(11(2)7-15(10)23)25-9-13-12(17(19)26)5-4-6-14(13)21-18(24)22(3)20/h4-8,17,23H,9,20,26H2,1-3H3,(H,21,24).